The number of carbonyl (C=O) groups excluding carboxylic acids is 1. The summed E-state index contributed by atoms with van der Waals surface area (Å²) in [4.78, 5) is 13.3. The van der Waals surface area contributed by atoms with Gasteiger partial charge in [0.15, 0.2) is 5.78 Å². The highest BCUT2D eigenvalue weighted by Crippen LogP contribution is 2.17. The van der Waals surface area contributed by atoms with E-state index in [1.807, 2.05) is 0 Å². The molecular formula is C11H14F3NOS. The molecule has 0 saturated heterocycles. The zero-order valence-electron chi connectivity index (χ0n) is 9.46. The van der Waals surface area contributed by atoms with Crippen LogP contribution >= 0.6 is 11.3 Å². The second kappa shape index (κ2) is 6.16. The number of hydrogen-bond acceptors (Lipinski definition) is 3. The number of rotatable bonds is 6. The highest BCUT2D eigenvalue weighted by molar-refractivity contribution is 7.12. The highest BCUT2D eigenvalue weighted by atomic mass is 32.1. The van der Waals surface area contributed by atoms with Crippen LogP contribution in [0.5, 0.6) is 0 Å². The summed E-state index contributed by atoms with van der Waals surface area (Å²) in [6.07, 6.45) is -3.67. The Labute approximate surface area is 102 Å². The predicted molar refractivity (Wildman–Crippen MR) is 61.4 cm³/mol. The summed E-state index contributed by atoms with van der Waals surface area (Å²) < 4.78 is 36.8. The van der Waals surface area contributed by atoms with Gasteiger partial charge in [0.05, 0.1) is 18.0 Å². The van der Waals surface area contributed by atoms with Crippen molar-refractivity contribution in [1.82, 2.24) is 4.90 Å². The first-order valence-electron chi connectivity index (χ1n) is 5.28. The lowest BCUT2D eigenvalue weighted by atomic mass is 10.3. The fourth-order valence-electron chi connectivity index (χ4n) is 1.50. The van der Waals surface area contributed by atoms with Crippen molar-refractivity contribution in [2.45, 2.75) is 19.5 Å². The Balaban J connectivity index is 2.57. The first kappa shape index (κ1) is 14.2. The molecule has 0 N–H and O–H groups in total. The summed E-state index contributed by atoms with van der Waals surface area (Å²) >= 11 is 1.25. The molecule has 17 heavy (non-hydrogen) atoms. The fourth-order valence-corrected chi connectivity index (χ4v) is 2.16. The average Bonchev–Trinajstić information content (AvgIpc) is 2.67. The van der Waals surface area contributed by atoms with E-state index in [2.05, 4.69) is 0 Å². The van der Waals surface area contributed by atoms with Gasteiger partial charge < -0.3 is 0 Å². The number of hydrogen-bond donors (Lipinski definition) is 0. The van der Waals surface area contributed by atoms with Crippen LogP contribution in [0, 0.1) is 0 Å². The quantitative estimate of drug-likeness (QED) is 0.736. The van der Waals surface area contributed by atoms with Crippen LogP contribution in [0.2, 0.25) is 0 Å². The molecular weight excluding hydrogens is 251 g/mol. The van der Waals surface area contributed by atoms with Gasteiger partial charge >= 0.3 is 6.18 Å². The molecule has 1 heterocycles. The topological polar surface area (TPSA) is 20.3 Å². The normalized spacial score (nSPS) is 12.1. The zero-order valence-corrected chi connectivity index (χ0v) is 10.3. The minimum Gasteiger partial charge on any atom is -0.292 e. The molecule has 0 unspecified atom stereocenters. The van der Waals surface area contributed by atoms with E-state index in [-0.39, 0.29) is 18.9 Å². The second-order valence-corrected chi connectivity index (χ2v) is 4.67. The summed E-state index contributed by atoms with van der Waals surface area (Å²) in [6.45, 7) is 0.863. The van der Waals surface area contributed by atoms with Crippen molar-refractivity contribution in [1.29, 1.82) is 0 Å². The lowest BCUT2D eigenvalue weighted by Gasteiger charge is -2.21. The zero-order chi connectivity index (χ0) is 12.9. The van der Waals surface area contributed by atoms with E-state index < -0.39 is 12.7 Å². The Bertz CT molecular complexity index is 348. The van der Waals surface area contributed by atoms with Crippen LogP contribution in [0.1, 0.15) is 23.0 Å². The Kier molecular flexibility index (Phi) is 5.14. The third kappa shape index (κ3) is 5.32. The van der Waals surface area contributed by atoms with Crippen LogP contribution in [-0.4, -0.2) is 36.5 Å². The Morgan fingerprint density at radius 3 is 2.65 bits per heavy atom. The van der Waals surface area contributed by atoms with E-state index in [1.54, 1.807) is 24.4 Å². The predicted octanol–water partition coefficient (Wildman–Crippen LogP) is 3.21. The van der Waals surface area contributed by atoms with E-state index in [9.17, 15) is 18.0 Å². The molecule has 0 aromatic carbocycles. The van der Waals surface area contributed by atoms with Gasteiger partial charge in [-0.15, -0.1) is 11.3 Å². The van der Waals surface area contributed by atoms with Gasteiger partial charge in [-0.2, -0.15) is 13.2 Å². The maximum Gasteiger partial charge on any atom is 0.401 e. The molecule has 0 spiro atoms. The van der Waals surface area contributed by atoms with Gasteiger partial charge in [-0.05, 0) is 24.4 Å². The smallest absolute Gasteiger partial charge is 0.292 e. The summed E-state index contributed by atoms with van der Waals surface area (Å²) in [6, 6.07) is 3.34. The Hall–Kier alpha value is -0.880. The summed E-state index contributed by atoms with van der Waals surface area (Å²) in [5, 5.41) is 1.74. The molecule has 1 aromatic rings. The lowest BCUT2D eigenvalue weighted by Crippen LogP contribution is -2.38. The van der Waals surface area contributed by atoms with Crippen LogP contribution in [0.4, 0.5) is 13.2 Å². The van der Waals surface area contributed by atoms with Crippen LogP contribution < -0.4 is 0 Å². The molecule has 6 heteroatoms. The van der Waals surface area contributed by atoms with E-state index >= 15 is 0 Å². The first-order chi connectivity index (χ1) is 7.92. The second-order valence-electron chi connectivity index (χ2n) is 3.73. The van der Waals surface area contributed by atoms with E-state index in [0.29, 0.717) is 11.3 Å². The van der Waals surface area contributed by atoms with Gasteiger partial charge in [-0.3, -0.25) is 9.69 Å². The Morgan fingerprint density at radius 1 is 1.47 bits per heavy atom. The van der Waals surface area contributed by atoms with Crippen LogP contribution in [0.15, 0.2) is 17.5 Å². The monoisotopic (exact) mass is 265 g/mol. The first-order valence-corrected chi connectivity index (χ1v) is 6.16. The van der Waals surface area contributed by atoms with E-state index in [4.69, 9.17) is 0 Å². The number of nitrogens with zero attached hydrogens (tertiary/aromatic N) is 1. The van der Waals surface area contributed by atoms with Crippen molar-refractivity contribution in [3.63, 3.8) is 0 Å². The minimum absolute atomic E-state index is 0.173. The highest BCUT2D eigenvalue weighted by Gasteiger charge is 2.31. The van der Waals surface area contributed by atoms with Crippen molar-refractivity contribution >= 4 is 17.1 Å². The maximum absolute atomic E-state index is 12.3. The molecule has 0 aliphatic heterocycles. The van der Waals surface area contributed by atoms with Gasteiger partial charge in [-0.25, -0.2) is 0 Å². The molecule has 0 fully saturated rings. The number of alkyl halides is 3. The number of Topliss-reactive ketones (excluding diaryl/α,β-unsaturated/α-hetero) is 1. The molecule has 0 radical (unpaired) electrons. The van der Waals surface area contributed by atoms with Crippen molar-refractivity contribution in [3.05, 3.63) is 22.4 Å². The molecule has 0 aliphatic rings. The molecule has 2 nitrogen and oxygen atoms in total. The molecule has 96 valence electrons. The van der Waals surface area contributed by atoms with Crippen molar-refractivity contribution in [2.24, 2.45) is 0 Å². The maximum atomic E-state index is 12.3. The largest absolute Gasteiger partial charge is 0.401 e. The number of thiophene rings is 1. The standard InChI is InChI=1S/C11H14F3NOS/c1-2-5-15(8-11(12,13)14)7-9(16)10-4-3-6-17-10/h3-4,6H,2,5,7-8H2,1H3. The van der Waals surface area contributed by atoms with Crippen LogP contribution in [0.3, 0.4) is 0 Å². The SMILES string of the molecule is CCCN(CC(=O)c1cccs1)CC(F)(F)F. The van der Waals surface area contributed by atoms with Crippen molar-refractivity contribution in [3.8, 4) is 0 Å². The van der Waals surface area contributed by atoms with Crippen LogP contribution in [-0.2, 0) is 0 Å². The van der Waals surface area contributed by atoms with Crippen molar-refractivity contribution in [2.75, 3.05) is 19.6 Å². The van der Waals surface area contributed by atoms with Crippen LogP contribution in [0.25, 0.3) is 0 Å². The lowest BCUT2D eigenvalue weighted by molar-refractivity contribution is -0.144. The number of ketones is 1. The Morgan fingerprint density at radius 2 is 2.18 bits per heavy atom. The molecule has 1 rings (SSSR count). The molecule has 0 saturated carbocycles. The summed E-state index contributed by atoms with van der Waals surface area (Å²) in [5.41, 5.74) is 0. The van der Waals surface area contributed by atoms with Crippen molar-refractivity contribution < 1.29 is 18.0 Å². The molecule has 1 aromatic heterocycles. The third-order valence-electron chi connectivity index (χ3n) is 2.11. The van der Waals surface area contributed by atoms with Gasteiger partial charge in [-0.1, -0.05) is 13.0 Å². The summed E-state index contributed by atoms with van der Waals surface area (Å²) in [5.74, 6) is -0.252. The summed E-state index contributed by atoms with van der Waals surface area (Å²) in [7, 11) is 0. The third-order valence-corrected chi connectivity index (χ3v) is 3.02. The molecule has 0 bridgehead atoms. The number of carbonyl (C=O) groups is 1. The van der Waals surface area contributed by atoms with E-state index in [0.717, 1.165) is 4.90 Å². The van der Waals surface area contributed by atoms with Gasteiger partial charge in [0.2, 0.25) is 0 Å². The average molecular weight is 265 g/mol. The molecule has 0 amide bonds. The van der Waals surface area contributed by atoms with Gasteiger partial charge in [0, 0.05) is 0 Å². The molecule has 0 atom stereocenters. The molecule has 0 aliphatic carbocycles. The number of halogens is 3. The minimum atomic E-state index is -4.26. The van der Waals surface area contributed by atoms with E-state index in [1.165, 1.54) is 11.3 Å². The van der Waals surface area contributed by atoms with Gasteiger partial charge in [0.1, 0.15) is 0 Å². The fraction of sp³-hybridized carbons (Fsp3) is 0.545. The van der Waals surface area contributed by atoms with Gasteiger partial charge in [0.25, 0.3) is 0 Å².